The standard InChI is InChI=1S/C18H21FN2O6/c1-26-18(25)12-5-7-21(8-6-12)15(22)11-27-16(23)10-20-17(24)13-3-2-4-14(19)9-13/h2-4,9,12H,5-8,10-11H2,1H3,(H,20,24). The van der Waals surface area contributed by atoms with Crippen LogP contribution >= 0.6 is 0 Å². The fourth-order valence-electron chi connectivity index (χ4n) is 2.70. The molecule has 9 heteroatoms. The summed E-state index contributed by atoms with van der Waals surface area (Å²) in [4.78, 5) is 48.5. The minimum atomic E-state index is -0.780. The van der Waals surface area contributed by atoms with E-state index in [0.29, 0.717) is 25.9 Å². The summed E-state index contributed by atoms with van der Waals surface area (Å²) < 4.78 is 22.6. The van der Waals surface area contributed by atoms with Crippen LogP contribution in [0, 0.1) is 11.7 Å². The van der Waals surface area contributed by atoms with Gasteiger partial charge in [-0.05, 0) is 31.0 Å². The molecule has 1 aliphatic rings. The molecule has 0 spiro atoms. The number of nitrogens with zero attached hydrogens (tertiary/aromatic N) is 1. The van der Waals surface area contributed by atoms with Crippen molar-refractivity contribution < 1.29 is 33.0 Å². The molecule has 2 rings (SSSR count). The Morgan fingerprint density at radius 2 is 1.93 bits per heavy atom. The number of rotatable bonds is 6. The molecule has 1 heterocycles. The van der Waals surface area contributed by atoms with E-state index in [4.69, 9.17) is 4.74 Å². The lowest BCUT2D eigenvalue weighted by atomic mass is 9.97. The predicted molar refractivity (Wildman–Crippen MR) is 91.0 cm³/mol. The quantitative estimate of drug-likeness (QED) is 0.722. The molecule has 0 unspecified atom stereocenters. The van der Waals surface area contributed by atoms with Gasteiger partial charge in [0.1, 0.15) is 12.4 Å². The summed E-state index contributed by atoms with van der Waals surface area (Å²) in [5, 5.41) is 2.30. The van der Waals surface area contributed by atoms with E-state index in [2.05, 4.69) is 10.1 Å². The fourth-order valence-corrected chi connectivity index (χ4v) is 2.70. The van der Waals surface area contributed by atoms with Crippen molar-refractivity contribution in [1.82, 2.24) is 10.2 Å². The number of benzene rings is 1. The van der Waals surface area contributed by atoms with E-state index in [1.165, 1.54) is 30.2 Å². The van der Waals surface area contributed by atoms with Crippen molar-refractivity contribution in [3.05, 3.63) is 35.6 Å². The van der Waals surface area contributed by atoms with Gasteiger partial charge >= 0.3 is 11.9 Å². The zero-order chi connectivity index (χ0) is 19.8. The second kappa shape index (κ2) is 9.65. The van der Waals surface area contributed by atoms with Crippen LogP contribution in [0.15, 0.2) is 24.3 Å². The number of ether oxygens (including phenoxy) is 2. The molecular formula is C18H21FN2O6. The number of likely N-dealkylation sites (tertiary alicyclic amines) is 1. The van der Waals surface area contributed by atoms with E-state index < -0.39 is 30.8 Å². The molecule has 1 saturated heterocycles. The van der Waals surface area contributed by atoms with Crippen LogP contribution in [0.1, 0.15) is 23.2 Å². The maximum Gasteiger partial charge on any atom is 0.325 e. The summed E-state index contributed by atoms with van der Waals surface area (Å²) in [6, 6.07) is 5.03. The number of carbonyl (C=O) groups is 4. The number of hydrogen-bond donors (Lipinski definition) is 1. The van der Waals surface area contributed by atoms with Crippen LogP contribution in [0.25, 0.3) is 0 Å². The van der Waals surface area contributed by atoms with E-state index in [1.807, 2.05) is 0 Å². The van der Waals surface area contributed by atoms with Gasteiger partial charge in [0.2, 0.25) is 0 Å². The molecule has 1 aliphatic heterocycles. The third-order valence-electron chi connectivity index (χ3n) is 4.22. The van der Waals surface area contributed by atoms with E-state index in [1.54, 1.807) is 0 Å². The summed E-state index contributed by atoms with van der Waals surface area (Å²) in [7, 11) is 1.33. The van der Waals surface area contributed by atoms with Crippen molar-refractivity contribution in [1.29, 1.82) is 0 Å². The molecule has 1 aromatic rings. The molecule has 1 fully saturated rings. The number of esters is 2. The van der Waals surface area contributed by atoms with Crippen LogP contribution in [0.5, 0.6) is 0 Å². The van der Waals surface area contributed by atoms with Gasteiger partial charge in [-0.25, -0.2) is 4.39 Å². The van der Waals surface area contributed by atoms with Gasteiger partial charge in [0, 0.05) is 18.7 Å². The Hall–Kier alpha value is -2.97. The van der Waals surface area contributed by atoms with Gasteiger partial charge in [-0.1, -0.05) is 6.07 Å². The van der Waals surface area contributed by atoms with Gasteiger partial charge in [-0.2, -0.15) is 0 Å². The third-order valence-corrected chi connectivity index (χ3v) is 4.22. The maximum atomic E-state index is 13.1. The second-order valence-electron chi connectivity index (χ2n) is 6.03. The summed E-state index contributed by atoms with van der Waals surface area (Å²) >= 11 is 0. The molecule has 146 valence electrons. The van der Waals surface area contributed by atoms with Crippen molar-refractivity contribution in [3.8, 4) is 0 Å². The van der Waals surface area contributed by atoms with Crippen molar-refractivity contribution >= 4 is 23.8 Å². The second-order valence-corrected chi connectivity index (χ2v) is 6.03. The molecule has 0 radical (unpaired) electrons. The number of halogens is 1. The maximum absolute atomic E-state index is 13.1. The summed E-state index contributed by atoms with van der Waals surface area (Å²) in [5.41, 5.74) is 0.0763. The Morgan fingerprint density at radius 1 is 1.22 bits per heavy atom. The summed E-state index contributed by atoms with van der Waals surface area (Å²) in [6.07, 6.45) is 0.992. The number of methoxy groups -OCH3 is 1. The topological polar surface area (TPSA) is 102 Å². The van der Waals surface area contributed by atoms with Crippen LogP contribution in [-0.2, 0) is 23.9 Å². The predicted octanol–water partition coefficient (Wildman–Crippen LogP) is 0.510. The van der Waals surface area contributed by atoms with E-state index in [-0.39, 0.29) is 23.4 Å². The average Bonchev–Trinajstić information content (AvgIpc) is 2.69. The first-order valence-corrected chi connectivity index (χ1v) is 8.45. The monoisotopic (exact) mass is 380 g/mol. The number of amides is 2. The van der Waals surface area contributed by atoms with Gasteiger partial charge in [-0.15, -0.1) is 0 Å². The Morgan fingerprint density at radius 3 is 2.56 bits per heavy atom. The first-order valence-electron chi connectivity index (χ1n) is 8.45. The van der Waals surface area contributed by atoms with E-state index in [0.717, 1.165) is 6.07 Å². The molecule has 1 aromatic carbocycles. The molecule has 8 nitrogen and oxygen atoms in total. The van der Waals surface area contributed by atoms with E-state index in [9.17, 15) is 23.6 Å². The van der Waals surface area contributed by atoms with Crippen molar-refractivity contribution in [3.63, 3.8) is 0 Å². The Balaban J connectivity index is 1.69. The zero-order valence-electron chi connectivity index (χ0n) is 14.9. The number of carbonyl (C=O) groups excluding carboxylic acids is 4. The molecule has 0 aliphatic carbocycles. The normalized spacial score (nSPS) is 14.4. The number of hydrogen-bond acceptors (Lipinski definition) is 6. The molecule has 0 atom stereocenters. The lowest BCUT2D eigenvalue weighted by molar-refractivity contribution is -0.153. The third kappa shape index (κ3) is 6.05. The summed E-state index contributed by atoms with van der Waals surface area (Å²) in [5.74, 6) is -2.85. The van der Waals surface area contributed by atoms with Gasteiger partial charge in [0.15, 0.2) is 6.61 Å². The van der Waals surface area contributed by atoms with Crippen LogP contribution < -0.4 is 5.32 Å². The van der Waals surface area contributed by atoms with Crippen molar-refractivity contribution in [2.24, 2.45) is 5.92 Å². The lowest BCUT2D eigenvalue weighted by Gasteiger charge is -2.30. The first kappa shape index (κ1) is 20.3. The molecule has 2 amide bonds. The van der Waals surface area contributed by atoms with E-state index >= 15 is 0 Å². The van der Waals surface area contributed by atoms with Gasteiger partial charge in [-0.3, -0.25) is 19.2 Å². The number of piperidine rings is 1. The largest absolute Gasteiger partial charge is 0.469 e. The minimum Gasteiger partial charge on any atom is -0.469 e. The van der Waals surface area contributed by atoms with Gasteiger partial charge in [0.05, 0.1) is 13.0 Å². The molecule has 0 bridgehead atoms. The van der Waals surface area contributed by atoms with Crippen LogP contribution in [-0.4, -0.2) is 62.0 Å². The first-order chi connectivity index (χ1) is 12.9. The van der Waals surface area contributed by atoms with Crippen LogP contribution in [0.3, 0.4) is 0 Å². The average molecular weight is 380 g/mol. The van der Waals surface area contributed by atoms with Crippen molar-refractivity contribution in [2.45, 2.75) is 12.8 Å². The Bertz CT molecular complexity index is 716. The molecular weight excluding hydrogens is 359 g/mol. The highest BCUT2D eigenvalue weighted by molar-refractivity contribution is 5.96. The smallest absolute Gasteiger partial charge is 0.325 e. The molecule has 0 aromatic heterocycles. The highest BCUT2D eigenvalue weighted by Gasteiger charge is 2.28. The fraction of sp³-hybridized carbons (Fsp3) is 0.444. The minimum absolute atomic E-state index is 0.0763. The highest BCUT2D eigenvalue weighted by atomic mass is 19.1. The summed E-state index contributed by atoms with van der Waals surface area (Å²) in [6.45, 7) is -0.122. The molecule has 27 heavy (non-hydrogen) atoms. The Kier molecular flexibility index (Phi) is 7.27. The number of nitrogens with one attached hydrogen (secondary N) is 1. The van der Waals surface area contributed by atoms with Gasteiger partial charge < -0.3 is 19.7 Å². The highest BCUT2D eigenvalue weighted by Crippen LogP contribution is 2.18. The van der Waals surface area contributed by atoms with Gasteiger partial charge in [0.25, 0.3) is 11.8 Å². The Labute approximate surface area is 155 Å². The SMILES string of the molecule is COC(=O)C1CCN(C(=O)COC(=O)CNC(=O)c2cccc(F)c2)CC1. The van der Waals surface area contributed by atoms with Crippen LogP contribution in [0.2, 0.25) is 0 Å². The lowest BCUT2D eigenvalue weighted by Crippen LogP contribution is -2.42. The van der Waals surface area contributed by atoms with Crippen LogP contribution in [0.4, 0.5) is 4.39 Å². The van der Waals surface area contributed by atoms with Crippen molar-refractivity contribution in [2.75, 3.05) is 33.4 Å². The molecule has 0 saturated carbocycles. The molecule has 1 N–H and O–H groups in total. The zero-order valence-corrected chi connectivity index (χ0v) is 14.9.